The number of nitrogens with zero attached hydrogens (tertiary/aromatic N) is 2. The molecule has 0 amide bonds. The molecule has 0 unspecified atom stereocenters. The number of aromatic nitrogens is 2. The van der Waals surface area contributed by atoms with E-state index in [9.17, 15) is 18.7 Å². The fourth-order valence-electron chi connectivity index (χ4n) is 9.45. The van der Waals surface area contributed by atoms with E-state index < -0.39 is 17.2 Å². The van der Waals surface area contributed by atoms with Crippen LogP contribution in [0.4, 0.5) is 8.78 Å². The zero-order valence-corrected chi connectivity index (χ0v) is 21.2. The Hall–Kier alpha value is -1.82. The highest BCUT2D eigenvalue weighted by molar-refractivity contribution is 5.85. The van der Waals surface area contributed by atoms with Crippen molar-refractivity contribution in [3.05, 3.63) is 30.0 Å². The van der Waals surface area contributed by atoms with Crippen LogP contribution in [-0.4, -0.2) is 26.3 Å². The molecular weight excluding hydrogens is 446 g/mol. The number of hydrogen-bond acceptors (Lipinski definition) is 3. The van der Waals surface area contributed by atoms with Gasteiger partial charge in [0.05, 0.1) is 22.7 Å². The van der Waals surface area contributed by atoms with Gasteiger partial charge in [-0.1, -0.05) is 13.8 Å². The maximum Gasteiger partial charge on any atom is 0.157 e. The molecule has 0 saturated heterocycles. The molecule has 0 bridgehead atoms. The van der Waals surface area contributed by atoms with E-state index in [1.807, 2.05) is 6.92 Å². The Morgan fingerprint density at radius 1 is 1.03 bits per heavy atom. The molecule has 0 aliphatic heterocycles. The first-order chi connectivity index (χ1) is 16.5. The smallest absolute Gasteiger partial charge is 0.157 e. The Bertz CT molecular complexity index is 1170. The summed E-state index contributed by atoms with van der Waals surface area (Å²) in [6, 6.07) is 2.13. The second-order valence-corrected chi connectivity index (χ2v) is 13.1. The van der Waals surface area contributed by atoms with Crippen molar-refractivity contribution in [1.82, 2.24) is 9.78 Å². The van der Waals surface area contributed by atoms with Crippen molar-refractivity contribution in [3.63, 3.8) is 0 Å². The van der Waals surface area contributed by atoms with Crippen molar-refractivity contribution in [1.29, 1.82) is 0 Å². The number of rotatable bonds is 3. The molecule has 4 aliphatic rings. The Kier molecular flexibility index (Phi) is 5.28. The van der Waals surface area contributed by atoms with Crippen molar-refractivity contribution in [2.75, 3.05) is 0 Å². The third-order valence-electron chi connectivity index (χ3n) is 11.3. The largest absolute Gasteiger partial charge is 0.390 e. The van der Waals surface area contributed by atoms with Crippen LogP contribution in [0.25, 0.3) is 10.9 Å². The molecule has 35 heavy (non-hydrogen) atoms. The number of hydrogen-bond donors (Lipinski definition) is 1. The minimum absolute atomic E-state index is 0.0128. The van der Waals surface area contributed by atoms with Gasteiger partial charge in [-0.15, -0.1) is 0 Å². The van der Waals surface area contributed by atoms with Crippen molar-refractivity contribution in [2.24, 2.45) is 40.4 Å². The second-order valence-electron chi connectivity index (χ2n) is 13.1. The van der Waals surface area contributed by atoms with Gasteiger partial charge in [-0.05, 0) is 105 Å². The van der Waals surface area contributed by atoms with E-state index in [2.05, 4.69) is 18.9 Å². The zero-order chi connectivity index (χ0) is 24.8. The number of carbonyl (C=O) groups is 1. The van der Waals surface area contributed by atoms with Gasteiger partial charge in [-0.2, -0.15) is 5.10 Å². The van der Waals surface area contributed by atoms with Crippen LogP contribution in [-0.2, 0) is 11.3 Å². The summed E-state index contributed by atoms with van der Waals surface area (Å²) < 4.78 is 29.5. The van der Waals surface area contributed by atoms with Crippen LogP contribution < -0.4 is 0 Å². The monoisotopic (exact) mass is 484 g/mol. The summed E-state index contributed by atoms with van der Waals surface area (Å²) >= 11 is 0. The lowest BCUT2D eigenvalue weighted by Crippen LogP contribution is -2.55. The van der Waals surface area contributed by atoms with Gasteiger partial charge in [0.2, 0.25) is 0 Å². The van der Waals surface area contributed by atoms with E-state index in [0.717, 1.165) is 51.0 Å². The molecule has 4 nitrogen and oxygen atoms in total. The third-order valence-corrected chi connectivity index (χ3v) is 11.3. The molecule has 4 aliphatic carbocycles. The molecule has 190 valence electrons. The summed E-state index contributed by atoms with van der Waals surface area (Å²) in [7, 11) is 0. The fourth-order valence-corrected chi connectivity index (χ4v) is 9.45. The Labute approximate surface area is 206 Å². The number of benzene rings is 1. The molecule has 1 aromatic heterocycles. The van der Waals surface area contributed by atoms with Crippen molar-refractivity contribution in [2.45, 2.75) is 90.7 Å². The Morgan fingerprint density at radius 2 is 1.80 bits per heavy atom. The Morgan fingerprint density at radius 3 is 2.60 bits per heavy atom. The number of carbonyl (C=O) groups excluding carboxylic acids is 1. The highest BCUT2D eigenvalue weighted by atomic mass is 19.1. The number of halogens is 2. The number of ketones is 1. The minimum atomic E-state index is -0.649. The maximum atomic E-state index is 14.1. The maximum absolute atomic E-state index is 14.1. The van der Waals surface area contributed by atoms with Gasteiger partial charge in [0.1, 0.15) is 18.2 Å². The molecular formula is C29H38F2N2O2. The fraction of sp³-hybridized carbons (Fsp3) is 0.724. The third kappa shape index (κ3) is 3.53. The lowest BCUT2D eigenvalue weighted by atomic mass is 9.44. The van der Waals surface area contributed by atoms with Crippen LogP contribution in [0.3, 0.4) is 0 Å². The van der Waals surface area contributed by atoms with Gasteiger partial charge < -0.3 is 5.11 Å². The number of Topliss-reactive ketones (excluding diaryl/α,β-unsaturated/α-hetero) is 1. The normalized spacial score (nSPS) is 43.0. The highest BCUT2D eigenvalue weighted by Gasteiger charge is 2.61. The SMILES string of the molecule is C[C@@]1(O)CC[C@@]2(C)[C@H](CC[C@@H]3[C@@H]2CC[C@]2(C)[C@@H](C(=O)Cn4ncc5c(F)cc(F)cc54)CC[C@@H]32)C1. The first-order valence-electron chi connectivity index (χ1n) is 13.6. The summed E-state index contributed by atoms with van der Waals surface area (Å²) in [5.74, 6) is 1.33. The van der Waals surface area contributed by atoms with E-state index in [1.165, 1.54) is 29.8 Å². The molecule has 4 saturated carbocycles. The topological polar surface area (TPSA) is 55.1 Å². The lowest BCUT2D eigenvalue weighted by molar-refractivity contribution is -0.151. The van der Waals surface area contributed by atoms with E-state index in [1.54, 1.807) is 0 Å². The first kappa shape index (κ1) is 23.6. The van der Waals surface area contributed by atoms with Gasteiger partial charge in [0.15, 0.2) is 5.78 Å². The quantitative estimate of drug-likeness (QED) is 0.557. The van der Waals surface area contributed by atoms with E-state index in [-0.39, 0.29) is 29.0 Å². The van der Waals surface area contributed by atoms with E-state index in [4.69, 9.17) is 0 Å². The van der Waals surface area contributed by atoms with Gasteiger partial charge in [0, 0.05) is 12.0 Å². The van der Waals surface area contributed by atoms with Crippen LogP contribution in [0.2, 0.25) is 0 Å². The summed E-state index contributed by atoms with van der Waals surface area (Å²) in [5.41, 5.74) is 0.115. The van der Waals surface area contributed by atoms with Crippen LogP contribution in [0.5, 0.6) is 0 Å². The van der Waals surface area contributed by atoms with Gasteiger partial charge >= 0.3 is 0 Å². The van der Waals surface area contributed by atoms with E-state index >= 15 is 0 Å². The van der Waals surface area contributed by atoms with Crippen molar-refractivity contribution in [3.8, 4) is 0 Å². The highest BCUT2D eigenvalue weighted by Crippen LogP contribution is 2.68. The molecule has 6 rings (SSSR count). The lowest BCUT2D eigenvalue weighted by Gasteiger charge is -2.61. The van der Waals surface area contributed by atoms with Gasteiger partial charge in [0.25, 0.3) is 0 Å². The first-order valence-corrected chi connectivity index (χ1v) is 13.6. The summed E-state index contributed by atoms with van der Waals surface area (Å²) in [6.07, 6.45) is 10.9. The van der Waals surface area contributed by atoms with Crippen LogP contribution in [0.15, 0.2) is 18.3 Å². The molecule has 1 N–H and O–H groups in total. The molecule has 2 aromatic rings. The van der Waals surface area contributed by atoms with Crippen LogP contribution in [0.1, 0.15) is 78.6 Å². The predicted molar refractivity (Wildman–Crippen MR) is 130 cm³/mol. The van der Waals surface area contributed by atoms with E-state index in [0.29, 0.717) is 34.6 Å². The average molecular weight is 485 g/mol. The van der Waals surface area contributed by atoms with Gasteiger partial charge in [-0.25, -0.2) is 8.78 Å². The number of aliphatic hydroxyl groups is 1. The molecule has 4 fully saturated rings. The number of fused-ring (bicyclic) bond motifs is 6. The molecule has 6 heteroatoms. The predicted octanol–water partition coefficient (Wildman–Crippen LogP) is 6.29. The van der Waals surface area contributed by atoms with Crippen molar-refractivity contribution < 1.29 is 18.7 Å². The molecule has 8 atom stereocenters. The standard InChI is InChI=1S/C29H38F2N2O2/c1-27(35)10-11-28(2)17(14-27)4-5-19-21-6-7-23(29(21,3)9-8-22(19)28)26(34)16-33-25-13-18(30)12-24(31)20(25)15-32-33/h12-13,15,17,19,21-23,35H,4-11,14,16H2,1-3H3/t17-,19+,21+,22+,23-,27-,28+,29+/m1/s1. The van der Waals surface area contributed by atoms with Crippen molar-refractivity contribution >= 4 is 16.7 Å². The summed E-state index contributed by atoms with van der Waals surface area (Å²) in [5, 5.41) is 15.2. The minimum Gasteiger partial charge on any atom is -0.390 e. The summed E-state index contributed by atoms with van der Waals surface area (Å²) in [6.45, 7) is 6.91. The Balaban J connectivity index is 1.22. The zero-order valence-electron chi connectivity index (χ0n) is 21.2. The molecule has 0 radical (unpaired) electrons. The summed E-state index contributed by atoms with van der Waals surface area (Å²) in [4.78, 5) is 13.6. The second kappa shape index (κ2) is 7.84. The molecule has 1 heterocycles. The van der Waals surface area contributed by atoms with Gasteiger partial charge in [-0.3, -0.25) is 9.48 Å². The van der Waals surface area contributed by atoms with Crippen LogP contribution in [0, 0.1) is 52.1 Å². The molecule has 1 aromatic carbocycles. The van der Waals surface area contributed by atoms with Crippen LogP contribution >= 0.6 is 0 Å². The average Bonchev–Trinajstić information content (AvgIpc) is 3.35. The molecule has 0 spiro atoms.